The lowest BCUT2D eigenvalue weighted by atomic mass is 9.94. The zero-order chi connectivity index (χ0) is 10.7. The van der Waals surface area contributed by atoms with Gasteiger partial charge in [0.25, 0.3) is 0 Å². The van der Waals surface area contributed by atoms with Crippen LogP contribution in [-0.2, 0) is 0 Å². The number of pyridine rings is 1. The summed E-state index contributed by atoms with van der Waals surface area (Å²) in [7, 11) is 0. The van der Waals surface area contributed by atoms with Gasteiger partial charge in [0.05, 0.1) is 11.7 Å². The first-order chi connectivity index (χ1) is 7.33. The van der Waals surface area contributed by atoms with Crippen molar-refractivity contribution < 1.29 is 0 Å². The van der Waals surface area contributed by atoms with Gasteiger partial charge >= 0.3 is 0 Å². The average Bonchev–Trinajstić information content (AvgIpc) is 2.29. The number of nitrogens with zero attached hydrogens (tertiary/aromatic N) is 2. The van der Waals surface area contributed by atoms with E-state index < -0.39 is 0 Å². The van der Waals surface area contributed by atoms with Crippen LogP contribution in [0, 0.1) is 0 Å². The fourth-order valence-electron chi connectivity index (χ4n) is 2.41. The molecule has 0 radical (unpaired) electrons. The standard InChI is InChI=1S/C12H19N3/c1-2-15-9-5-6-10(13)12(15)11-7-3-4-8-14-11/h3-4,7-8,10,12H,2,5-6,9,13H2,1H3. The summed E-state index contributed by atoms with van der Waals surface area (Å²) < 4.78 is 0. The molecule has 1 aromatic heterocycles. The molecule has 1 saturated heterocycles. The molecule has 1 aliphatic heterocycles. The zero-order valence-corrected chi connectivity index (χ0v) is 9.26. The highest BCUT2D eigenvalue weighted by atomic mass is 15.2. The van der Waals surface area contributed by atoms with Crippen molar-refractivity contribution in [3.05, 3.63) is 30.1 Å². The van der Waals surface area contributed by atoms with Crippen molar-refractivity contribution >= 4 is 0 Å². The lowest BCUT2D eigenvalue weighted by molar-refractivity contribution is 0.132. The third kappa shape index (κ3) is 2.19. The maximum atomic E-state index is 6.20. The Bertz CT molecular complexity index is 299. The van der Waals surface area contributed by atoms with Crippen molar-refractivity contribution in [1.29, 1.82) is 0 Å². The Hall–Kier alpha value is -0.930. The average molecular weight is 205 g/mol. The molecule has 0 bridgehead atoms. The number of piperidine rings is 1. The summed E-state index contributed by atoms with van der Waals surface area (Å²) >= 11 is 0. The quantitative estimate of drug-likeness (QED) is 0.797. The molecule has 0 aliphatic carbocycles. The molecule has 2 atom stereocenters. The van der Waals surface area contributed by atoms with E-state index >= 15 is 0 Å². The molecule has 1 fully saturated rings. The van der Waals surface area contributed by atoms with E-state index in [1.807, 2.05) is 18.3 Å². The normalized spacial score (nSPS) is 27.9. The summed E-state index contributed by atoms with van der Waals surface area (Å²) in [4.78, 5) is 6.86. The van der Waals surface area contributed by atoms with Crippen LogP contribution in [0.25, 0.3) is 0 Å². The highest BCUT2D eigenvalue weighted by Crippen LogP contribution is 2.28. The van der Waals surface area contributed by atoms with Crippen LogP contribution >= 0.6 is 0 Å². The van der Waals surface area contributed by atoms with Crippen LogP contribution in [0.15, 0.2) is 24.4 Å². The highest BCUT2D eigenvalue weighted by Gasteiger charge is 2.29. The van der Waals surface area contributed by atoms with Gasteiger partial charge in [-0.2, -0.15) is 0 Å². The van der Waals surface area contributed by atoms with E-state index in [0.29, 0.717) is 6.04 Å². The Kier molecular flexibility index (Phi) is 3.34. The number of nitrogens with two attached hydrogens (primary N) is 1. The molecule has 3 heteroatoms. The second-order valence-electron chi connectivity index (χ2n) is 4.13. The van der Waals surface area contributed by atoms with Crippen LogP contribution in [0.3, 0.4) is 0 Å². The Morgan fingerprint density at radius 1 is 1.53 bits per heavy atom. The Morgan fingerprint density at radius 3 is 3.07 bits per heavy atom. The second kappa shape index (κ2) is 4.73. The van der Waals surface area contributed by atoms with Crippen molar-refractivity contribution in [2.75, 3.05) is 13.1 Å². The number of rotatable bonds is 2. The zero-order valence-electron chi connectivity index (χ0n) is 9.26. The predicted molar refractivity (Wildman–Crippen MR) is 61.4 cm³/mol. The fourth-order valence-corrected chi connectivity index (χ4v) is 2.41. The SMILES string of the molecule is CCN1CCCC(N)C1c1ccccn1. The van der Waals surface area contributed by atoms with Crippen LogP contribution < -0.4 is 5.73 Å². The van der Waals surface area contributed by atoms with Gasteiger partial charge in [-0.05, 0) is 38.1 Å². The van der Waals surface area contributed by atoms with Crippen LogP contribution in [-0.4, -0.2) is 29.0 Å². The van der Waals surface area contributed by atoms with Crippen molar-refractivity contribution in [2.24, 2.45) is 5.73 Å². The summed E-state index contributed by atoms with van der Waals surface area (Å²) in [5, 5.41) is 0. The minimum Gasteiger partial charge on any atom is -0.326 e. The minimum atomic E-state index is 0.230. The molecule has 0 amide bonds. The Balaban J connectivity index is 2.23. The van der Waals surface area contributed by atoms with Crippen LogP contribution in [0.4, 0.5) is 0 Å². The van der Waals surface area contributed by atoms with E-state index in [1.165, 1.54) is 6.42 Å². The molecule has 2 heterocycles. The van der Waals surface area contributed by atoms with Crippen molar-refractivity contribution in [1.82, 2.24) is 9.88 Å². The van der Waals surface area contributed by atoms with Gasteiger partial charge in [0.1, 0.15) is 0 Å². The number of aromatic nitrogens is 1. The lowest BCUT2D eigenvalue weighted by Crippen LogP contribution is -2.46. The first-order valence-corrected chi connectivity index (χ1v) is 5.73. The van der Waals surface area contributed by atoms with Crippen molar-refractivity contribution in [3.8, 4) is 0 Å². The third-order valence-electron chi connectivity index (χ3n) is 3.18. The number of hydrogen-bond donors (Lipinski definition) is 1. The van der Waals surface area contributed by atoms with Gasteiger partial charge in [0, 0.05) is 12.2 Å². The van der Waals surface area contributed by atoms with E-state index in [-0.39, 0.29) is 6.04 Å². The highest BCUT2D eigenvalue weighted by molar-refractivity contribution is 5.12. The summed E-state index contributed by atoms with van der Waals surface area (Å²) in [5.41, 5.74) is 7.31. The molecule has 3 nitrogen and oxygen atoms in total. The number of likely N-dealkylation sites (tertiary alicyclic amines) is 1. The summed E-state index contributed by atoms with van der Waals surface area (Å²) in [5.74, 6) is 0. The second-order valence-corrected chi connectivity index (χ2v) is 4.13. The van der Waals surface area contributed by atoms with E-state index in [9.17, 15) is 0 Å². The molecule has 2 N–H and O–H groups in total. The van der Waals surface area contributed by atoms with Gasteiger partial charge < -0.3 is 5.73 Å². The fraction of sp³-hybridized carbons (Fsp3) is 0.583. The van der Waals surface area contributed by atoms with E-state index in [1.54, 1.807) is 0 Å². The summed E-state index contributed by atoms with van der Waals surface area (Å²) in [6.07, 6.45) is 4.17. The molecular formula is C12H19N3. The van der Waals surface area contributed by atoms with E-state index in [2.05, 4.69) is 22.9 Å². The van der Waals surface area contributed by atoms with Crippen LogP contribution in [0.2, 0.25) is 0 Å². The van der Waals surface area contributed by atoms with Gasteiger partial charge in [-0.25, -0.2) is 0 Å². The minimum absolute atomic E-state index is 0.230. The molecule has 0 spiro atoms. The molecular weight excluding hydrogens is 186 g/mol. The van der Waals surface area contributed by atoms with Crippen LogP contribution in [0.1, 0.15) is 31.5 Å². The van der Waals surface area contributed by atoms with Crippen LogP contribution in [0.5, 0.6) is 0 Å². The molecule has 0 aromatic carbocycles. The van der Waals surface area contributed by atoms with Gasteiger partial charge in [-0.15, -0.1) is 0 Å². The van der Waals surface area contributed by atoms with Gasteiger partial charge in [-0.1, -0.05) is 13.0 Å². The van der Waals surface area contributed by atoms with E-state index in [0.717, 1.165) is 25.2 Å². The monoisotopic (exact) mass is 205 g/mol. The molecule has 0 saturated carbocycles. The molecule has 2 unspecified atom stereocenters. The Morgan fingerprint density at radius 2 is 2.40 bits per heavy atom. The molecule has 15 heavy (non-hydrogen) atoms. The van der Waals surface area contributed by atoms with Crippen molar-refractivity contribution in [3.63, 3.8) is 0 Å². The summed E-state index contributed by atoms with van der Waals surface area (Å²) in [6.45, 7) is 4.38. The third-order valence-corrected chi connectivity index (χ3v) is 3.18. The van der Waals surface area contributed by atoms with Gasteiger partial charge in [0.15, 0.2) is 0 Å². The smallest absolute Gasteiger partial charge is 0.0673 e. The maximum Gasteiger partial charge on any atom is 0.0673 e. The van der Waals surface area contributed by atoms with Gasteiger partial charge in [0.2, 0.25) is 0 Å². The molecule has 82 valence electrons. The predicted octanol–water partition coefficient (Wildman–Crippen LogP) is 1.57. The first-order valence-electron chi connectivity index (χ1n) is 5.73. The summed E-state index contributed by atoms with van der Waals surface area (Å²) in [6, 6.07) is 6.61. The number of hydrogen-bond acceptors (Lipinski definition) is 3. The molecule has 1 aromatic rings. The maximum absolute atomic E-state index is 6.20. The molecule has 2 rings (SSSR count). The van der Waals surface area contributed by atoms with Gasteiger partial charge in [-0.3, -0.25) is 9.88 Å². The Labute approximate surface area is 91.3 Å². The topological polar surface area (TPSA) is 42.1 Å². The molecule has 1 aliphatic rings. The largest absolute Gasteiger partial charge is 0.326 e. The first kappa shape index (κ1) is 10.6. The van der Waals surface area contributed by atoms with Crippen molar-refractivity contribution in [2.45, 2.75) is 31.8 Å². The van der Waals surface area contributed by atoms with E-state index in [4.69, 9.17) is 5.73 Å². The lowest BCUT2D eigenvalue weighted by Gasteiger charge is -2.38. The number of likely N-dealkylation sites (N-methyl/N-ethyl adjacent to an activating group) is 1.